The van der Waals surface area contributed by atoms with E-state index in [-0.39, 0.29) is 36.2 Å². The fourth-order valence-electron chi connectivity index (χ4n) is 13.9. The van der Waals surface area contributed by atoms with Crippen LogP contribution in [0.4, 0.5) is 0 Å². The van der Waals surface area contributed by atoms with Crippen LogP contribution in [-0.4, -0.2) is 238 Å². The minimum atomic E-state index is -2.43. The first-order valence-electron chi connectivity index (χ1n) is 35.0. The van der Waals surface area contributed by atoms with Crippen molar-refractivity contribution in [2.24, 2.45) is 17.4 Å². The number of carboxylic acid groups (broad SMARTS) is 1. The van der Waals surface area contributed by atoms with Crippen LogP contribution >= 0.6 is 23.2 Å². The number of carbonyl (C=O) groups is 9. The number of benzene rings is 5. The van der Waals surface area contributed by atoms with Crippen LogP contribution < -0.4 is 62.9 Å². The predicted molar refractivity (Wildman–Crippen MR) is 381 cm³/mol. The Balaban J connectivity index is 1.16. The third-order valence-electron chi connectivity index (χ3n) is 19.8. The first-order chi connectivity index (χ1) is 52.9. The number of fused-ring (bicyclic) bond motifs is 15. The summed E-state index contributed by atoms with van der Waals surface area (Å²) in [5, 5.41) is 153. The number of nitrogens with two attached hydrogens (primary N) is 2. The number of aliphatic hydroxyl groups excluding tert-OH is 8. The number of aldehydes is 1. The fraction of sp³-hybridized carbons (Fsp3) is 0.458. The molecule has 0 saturated carbocycles. The molecule has 0 aromatic heterocycles. The number of aliphatic hydroxyl groups is 8. The van der Waals surface area contributed by atoms with Crippen molar-refractivity contribution in [2.75, 3.05) is 13.7 Å². The Bertz CT molecular complexity index is 4460. The molecule has 23 atom stereocenters. The molecule has 0 aliphatic carbocycles. The number of phenolic OH excluding ortho intramolecular Hbond substituents is 3. The fourth-order valence-corrected chi connectivity index (χ4v) is 14.4. The van der Waals surface area contributed by atoms with Gasteiger partial charge in [0.2, 0.25) is 53.4 Å². The van der Waals surface area contributed by atoms with Gasteiger partial charge >= 0.3 is 5.97 Å². The third-order valence-corrected chi connectivity index (χ3v) is 20.4. The van der Waals surface area contributed by atoms with Crippen molar-refractivity contribution in [1.29, 1.82) is 0 Å². The Morgan fingerprint density at radius 2 is 1.30 bits per heavy atom. The quantitative estimate of drug-likeness (QED) is 0.0482. The van der Waals surface area contributed by atoms with Gasteiger partial charge in [-0.1, -0.05) is 55.2 Å². The highest BCUT2D eigenvalue weighted by molar-refractivity contribution is 6.32. The topological polar surface area (TPSA) is 606 Å². The van der Waals surface area contributed by atoms with Crippen molar-refractivity contribution in [3.05, 3.63) is 117 Å². The van der Waals surface area contributed by atoms with Crippen LogP contribution in [0.3, 0.4) is 0 Å². The minimum absolute atomic E-state index is 0.0800. The lowest BCUT2D eigenvalue weighted by molar-refractivity contribution is -0.346. The number of amides is 7. The largest absolute Gasteiger partial charge is 0.508 e. The Morgan fingerprint density at radius 3 is 1.91 bits per heavy atom. The zero-order chi connectivity index (χ0) is 81.5. The predicted octanol–water partition coefficient (Wildman–Crippen LogP) is -1.86. The molecule has 10 unspecified atom stereocenters. The van der Waals surface area contributed by atoms with Crippen molar-refractivity contribution in [1.82, 2.24) is 37.2 Å². The maximum absolute atomic E-state index is 16.3. The van der Waals surface area contributed by atoms with Gasteiger partial charge in [0.15, 0.2) is 36.4 Å². The lowest BCUT2D eigenvalue weighted by Gasteiger charge is -2.45. The van der Waals surface area contributed by atoms with Gasteiger partial charge in [0.25, 0.3) is 0 Å². The molecule has 13 rings (SSSR count). The molecule has 8 heterocycles. The maximum atomic E-state index is 16.3. The standard InChI is InChI=1S/C72H83Cl2N9O29/c1-24(2)12-35(77-5)63(97)82-51-53(90)27-7-10-39(33(73)14-27)106-41-16-29-17-42(60(41)111-71-58(95)56(93)61(44(23-85)109-71)112-70-57(94)55(92)54(91)43(22-84)108-70)107-40-11-8-28(15-34(40)74)59(110-46-21-72(4,76)62(96)25(3)105-46)52-68(102)81-50(69(103)104)32-18-30(86)19-38(88)47(32)31-13-26(6-9-37(31)87)48(65(99)83-52)80-66(100)49(29)79-64(98)36(20-45(75)89)78-67(51)101/h6-11,13-19,22,24-25,35-36,43-44,46,48-59,61-62,70-71,77,85-88,90-96H,12,20-21,23,76H2,1-5H3,(H2,75,89)(H,78,101)(H,79,98)(H,80,100)(H,81,102)(H,82,97)(H,83,99)(H,103,104)/t25?,35-,36?,43-,44-,46+,48-,49?,50?,51?,52+,53?,54?,55+,56-,57?,58?,59-,61?,62+,70+,71+,72+/m1/s1. The number of nitrogens with one attached hydrogen (secondary N) is 7. The van der Waals surface area contributed by atoms with E-state index < -0.39 is 284 Å². The SMILES string of the molecule is CN[C@H](CC(C)C)C(=O)NC1C(=O)NC(CC(N)=O)C(=O)NC2C(=O)N[C@H]3C(=O)N[C@H](C(=O)NC(C(=O)O)c4cc(O)cc(O)c4-c4cc3ccc4O)[C@H](O[C@H]3C[C@](C)(N)[C@@H](O)C(C)O3)c3ccc(c(Cl)c3)Oc3cc2cc(c3O[C@@H]2O[C@H](CO)C(O[C@@H]3O[C@H](C=O)C(O)[C@H](O)C3O)[C@H](O)C2O)Oc2ccc(cc2Cl)C1O. The summed E-state index contributed by atoms with van der Waals surface area (Å²) in [7, 11) is 1.45. The maximum Gasteiger partial charge on any atom is 0.330 e. The van der Waals surface area contributed by atoms with Crippen LogP contribution in [-0.2, 0) is 66.8 Å². The van der Waals surface area contributed by atoms with Crippen molar-refractivity contribution < 1.29 is 142 Å². The van der Waals surface area contributed by atoms with E-state index in [0.29, 0.717) is 0 Å². The number of primary amides is 1. The molecule has 8 aliphatic rings. The van der Waals surface area contributed by atoms with E-state index >= 15 is 19.2 Å². The van der Waals surface area contributed by atoms with Crippen LogP contribution in [0.15, 0.2) is 78.9 Å². The van der Waals surface area contributed by atoms with Crippen molar-refractivity contribution >= 4 is 76.8 Å². The van der Waals surface area contributed by atoms with Gasteiger partial charge in [-0.05, 0) is 110 Å². The van der Waals surface area contributed by atoms with Crippen LogP contribution in [0.5, 0.6) is 46.0 Å². The number of likely N-dealkylation sites (N-methyl/N-ethyl adjacent to an activating group) is 1. The number of rotatable bonds is 16. The summed E-state index contributed by atoms with van der Waals surface area (Å²) in [4.78, 5) is 131. The third kappa shape index (κ3) is 17.4. The number of hydrogen-bond donors (Lipinski definition) is 21. The van der Waals surface area contributed by atoms with Gasteiger partial charge in [-0.15, -0.1) is 0 Å². The van der Waals surface area contributed by atoms with Crippen molar-refractivity contribution in [3.8, 4) is 57.1 Å². The number of aromatic hydroxyl groups is 3. The Hall–Kier alpha value is -9.69. The molecule has 5 aromatic rings. The van der Waals surface area contributed by atoms with Gasteiger partial charge in [0.05, 0.1) is 41.3 Å². The molecule has 112 heavy (non-hydrogen) atoms. The highest BCUT2D eigenvalue weighted by Gasteiger charge is 2.53. The Morgan fingerprint density at radius 1 is 0.688 bits per heavy atom. The first kappa shape index (κ1) is 83.3. The summed E-state index contributed by atoms with van der Waals surface area (Å²) < 4.78 is 49.7. The second-order valence-electron chi connectivity index (χ2n) is 28.4. The normalized spacial score (nSPS) is 31.8. The molecule has 7 amide bonds. The van der Waals surface area contributed by atoms with Gasteiger partial charge < -0.3 is 153 Å². The summed E-state index contributed by atoms with van der Waals surface area (Å²) in [6.45, 7) is 5.35. The van der Waals surface area contributed by atoms with Crippen molar-refractivity contribution in [2.45, 2.75) is 187 Å². The second-order valence-corrected chi connectivity index (χ2v) is 29.2. The molecule has 8 aliphatic heterocycles. The number of carboxylic acids is 1. The Kier molecular flexibility index (Phi) is 25.2. The summed E-state index contributed by atoms with van der Waals surface area (Å²) in [5.41, 5.74) is 7.86. The summed E-state index contributed by atoms with van der Waals surface area (Å²) >= 11 is 14.3. The van der Waals surface area contributed by atoms with Crippen molar-refractivity contribution in [3.63, 3.8) is 0 Å². The second kappa shape index (κ2) is 33.9. The highest BCUT2D eigenvalue weighted by atomic mass is 35.5. The zero-order valence-electron chi connectivity index (χ0n) is 59.9. The molecule has 0 radical (unpaired) electrons. The zero-order valence-corrected chi connectivity index (χ0v) is 61.4. The van der Waals surface area contributed by atoms with Gasteiger partial charge in [-0.25, -0.2) is 4.79 Å². The smallest absolute Gasteiger partial charge is 0.330 e. The molecule has 0 spiro atoms. The van der Waals surface area contributed by atoms with Crippen LogP contribution in [0.1, 0.15) is 105 Å². The molecule has 3 saturated heterocycles. The number of phenols is 3. The average molecular weight is 1610 g/mol. The number of hydrogen-bond acceptors (Lipinski definition) is 30. The van der Waals surface area contributed by atoms with E-state index in [4.69, 9.17) is 72.6 Å². The van der Waals surface area contributed by atoms with E-state index in [1.165, 1.54) is 33.0 Å². The monoisotopic (exact) mass is 1610 g/mol. The van der Waals surface area contributed by atoms with E-state index in [9.17, 15) is 85.3 Å². The molecule has 5 aromatic carbocycles. The lowest BCUT2D eigenvalue weighted by Crippen LogP contribution is -2.65. The van der Waals surface area contributed by atoms with E-state index in [1.54, 1.807) is 13.8 Å². The average Bonchev–Trinajstić information content (AvgIpc) is 0.765. The Labute approximate surface area is 645 Å². The van der Waals surface area contributed by atoms with Gasteiger partial charge in [0.1, 0.15) is 120 Å². The molecular weight excluding hydrogens is 1530 g/mol. The summed E-state index contributed by atoms with van der Waals surface area (Å²) in [6.07, 6.45) is -30.2. The van der Waals surface area contributed by atoms with E-state index in [1.807, 2.05) is 0 Å². The van der Waals surface area contributed by atoms with Gasteiger partial charge in [-0.3, -0.25) is 33.6 Å². The number of carbonyl (C=O) groups excluding carboxylic acids is 8. The van der Waals surface area contributed by atoms with Gasteiger partial charge in [-0.2, -0.15) is 0 Å². The molecule has 38 nitrogen and oxygen atoms in total. The lowest BCUT2D eigenvalue weighted by atomic mass is 9.86. The van der Waals surface area contributed by atoms with Crippen LogP contribution in [0, 0.1) is 5.92 Å². The number of aliphatic carboxylic acids is 1. The minimum Gasteiger partial charge on any atom is -0.508 e. The van der Waals surface area contributed by atoms with E-state index in [2.05, 4.69) is 37.2 Å². The van der Waals surface area contributed by atoms with Crippen LogP contribution in [0.25, 0.3) is 11.1 Å². The highest BCUT2D eigenvalue weighted by Crippen LogP contribution is 2.50. The molecule has 11 bridgehead atoms. The van der Waals surface area contributed by atoms with Gasteiger partial charge in [0, 0.05) is 34.7 Å². The number of halogens is 2. The summed E-state index contributed by atoms with van der Waals surface area (Å²) in [5.74, 6) is -16.8. The van der Waals surface area contributed by atoms with Crippen LogP contribution in [0.2, 0.25) is 10.0 Å². The molecule has 40 heteroatoms. The first-order valence-corrected chi connectivity index (χ1v) is 35.7. The molecule has 604 valence electrons. The molecular formula is C72H83Cl2N9O29. The molecule has 23 N–H and O–H groups in total. The van der Waals surface area contributed by atoms with E-state index in [0.717, 1.165) is 66.7 Å². The molecule has 3 fully saturated rings. The summed E-state index contributed by atoms with van der Waals surface area (Å²) in [6, 6.07) is -1.23. The number of ether oxygens (including phenoxy) is 8.